The van der Waals surface area contributed by atoms with Crippen LogP contribution < -0.4 is 10.1 Å². The van der Waals surface area contributed by atoms with Crippen molar-refractivity contribution in [2.24, 2.45) is 0 Å². The number of rotatable bonds is 7. The molecule has 0 aliphatic rings. The molecule has 0 bridgehead atoms. The van der Waals surface area contributed by atoms with Gasteiger partial charge in [-0.2, -0.15) is 0 Å². The average Bonchev–Trinajstić information content (AvgIpc) is 3.05. The molecule has 2 aromatic carbocycles. The Kier molecular flexibility index (Phi) is 7.32. The van der Waals surface area contributed by atoms with Gasteiger partial charge in [-0.05, 0) is 48.6 Å². The number of amides is 1. The van der Waals surface area contributed by atoms with Gasteiger partial charge in [0, 0.05) is 21.3 Å². The Morgan fingerprint density at radius 2 is 1.77 bits per heavy atom. The predicted octanol–water partition coefficient (Wildman–Crippen LogP) is 6.98. The summed E-state index contributed by atoms with van der Waals surface area (Å²) in [5.74, 6) is 0.788. The van der Waals surface area contributed by atoms with Crippen LogP contribution in [0.1, 0.15) is 44.1 Å². The number of hydrogen-bond acceptors (Lipinski definition) is 4. The number of carbonyl (C=O) groups is 1. The molecule has 0 saturated carbocycles. The number of aromatic nitrogens is 1. The van der Waals surface area contributed by atoms with Crippen molar-refractivity contribution in [3.63, 3.8) is 0 Å². The lowest BCUT2D eigenvalue weighted by Crippen LogP contribution is -2.13. The maximum Gasteiger partial charge on any atom is 0.226 e. The van der Waals surface area contributed by atoms with E-state index in [-0.39, 0.29) is 11.3 Å². The van der Waals surface area contributed by atoms with Gasteiger partial charge in [0.1, 0.15) is 5.75 Å². The third-order valence-corrected chi connectivity index (χ3v) is 6.11. The second-order valence-electron chi connectivity index (χ2n) is 8.21. The molecule has 0 saturated heterocycles. The van der Waals surface area contributed by atoms with Crippen molar-refractivity contribution in [2.45, 2.75) is 46.0 Å². The van der Waals surface area contributed by atoms with Gasteiger partial charge in [0.05, 0.1) is 12.3 Å². The number of aryl methyl sites for hydroxylation is 1. The zero-order chi connectivity index (χ0) is 21.7. The third-order valence-electron chi connectivity index (χ3n) is 4.70. The first kappa shape index (κ1) is 22.5. The molecule has 1 heterocycles. The summed E-state index contributed by atoms with van der Waals surface area (Å²) < 4.78 is 6.80. The SMILES string of the molecule is Cc1sc(NC(=O)CCCOc2ccc(C(C)(C)C)cc2)nc1-c1ccc(Br)cc1. The molecule has 0 fully saturated rings. The molecule has 30 heavy (non-hydrogen) atoms. The molecule has 1 N–H and O–H groups in total. The molecule has 1 amide bonds. The fraction of sp³-hybridized carbons (Fsp3) is 0.333. The summed E-state index contributed by atoms with van der Waals surface area (Å²) in [5.41, 5.74) is 3.35. The summed E-state index contributed by atoms with van der Waals surface area (Å²) in [7, 11) is 0. The summed E-state index contributed by atoms with van der Waals surface area (Å²) in [4.78, 5) is 17.9. The molecular weight excluding hydrogens is 460 g/mol. The molecular formula is C24H27BrN2O2S. The number of ether oxygens (including phenoxy) is 1. The number of carbonyl (C=O) groups excluding carboxylic acids is 1. The first-order valence-electron chi connectivity index (χ1n) is 9.99. The van der Waals surface area contributed by atoms with E-state index in [0.29, 0.717) is 24.6 Å². The minimum Gasteiger partial charge on any atom is -0.494 e. The zero-order valence-electron chi connectivity index (χ0n) is 17.8. The highest BCUT2D eigenvalue weighted by Gasteiger charge is 2.14. The lowest BCUT2D eigenvalue weighted by Gasteiger charge is -2.19. The van der Waals surface area contributed by atoms with E-state index in [2.05, 4.69) is 59.1 Å². The van der Waals surface area contributed by atoms with E-state index in [1.54, 1.807) is 0 Å². The molecule has 0 spiro atoms. The number of nitrogens with one attached hydrogen (secondary N) is 1. The van der Waals surface area contributed by atoms with Crippen LogP contribution in [-0.2, 0) is 10.2 Å². The van der Waals surface area contributed by atoms with Crippen LogP contribution in [0.2, 0.25) is 0 Å². The van der Waals surface area contributed by atoms with Crippen molar-refractivity contribution in [3.05, 3.63) is 63.4 Å². The molecule has 3 aromatic rings. The fourth-order valence-corrected chi connectivity index (χ4v) is 4.10. The van der Waals surface area contributed by atoms with Gasteiger partial charge in [0.15, 0.2) is 5.13 Å². The number of nitrogens with zero attached hydrogens (tertiary/aromatic N) is 1. The second-order valence-corrected chi connectivity index (χ2v) is 10.3. The number of thiazole rings is 1. The van der Waals surface area contributed by atoms with Gasteiger partial charge in [-0.15, -0.1) is 11.3 Å². The fourth-order valence-electron chi connectivity index (χ4n) is 2.98. The van der Waals surface area contributed by atoms with E-state index in [4.69, 9.17) is 4.74 Å². The molecule has 158 valence electrons. The summed E-state index contributed by atoms with van der Waals surface area (Å²) >= 11 is 4.94. The molecule has 3 rings (SSSR count). The molecule has 6 heteroatoms. The maximum absolute atomic E-state index is 12.3. The zero-order valence-corrected chi connectivity index (χ0v) is 20.2. The Hall–Kier alpha value is -2.18. The van der Waals surface area contributed by atoms with Crippen LogP contribution in [0.15, 0.2) is 53.0 Å². The quantitative estimate of drug-likeness (QED) is 0.366. The molecule has 0 atom stereocenters. The Morgan fingerprint density at radius 1 is 1.10 bits per heavy atom. The van der Waals surface area contributed by atoms with Gasteiger partial charge in [-0.3, -0.25) is 4.79 Å². The number of benzene rings is 2. The standard InChI is InChI=1S/C24H27BrN2O2S/c1-16-22(17-7-11-19(25)12-8-17)27-23(30-16)26-21(28)6-5-15-29-20-13-9-18(10-14-20)24(2,3)4/h7-14H,5-6,15H2,1-4H3,(H,26,27,28). The van der Waals surface area contributed by atoms with Crippen molar-refractivity contribution in [2.75, 3.05) is 11.9 Å². The summed E-state index contributed by atoms with van der Waals surface area (Å²) in [6.07, 6.45) is 1.04. The summed E-state index contributed by atoms with van der Waals surface area (Å²) in [6, 6.07) is 16.2. The van der Waals surface area contributed by atoms with Crippen LogP contribution in [-0.4, -0.2) is 17.5 Å². The lowest BCUT2D eigenvalue weighted by molar-refractivity contribution is -0.116. The van der Waals surface area contributed by atoms with Gasteiger partial charge < -0.3 is 10.1 Å². The van der Waals surface area contributed by atoms with Gasteiger partial charge in [-0.25, -0.2) is 4.98 Å². The van der Waals surface area contributed by atoms with Crippen molar-refractivity contribution in [1.29, 1.82) is 0 Å². The Labute approximate surface area is 190 Å². The average molecular weight is 487 g/mol. The van der Waals surface area contributed by atoms with Crippen LogP contribution in [0, 0.1) is 6.92 Å². The molecule has 0 aliphatic heterocycles. The van der Waals surface area contributed by atoms with E-state index in [1.165, 1.54) is 16.9 Å². The van der Waals surface area contributed by atoms with Crippen LogP contribution in [0.4, 0.5) is 5.13 Å². The van der Waals surface area contributed by atoms with E-state index in [0.717, 1.165) is 26.4 Å². The summed E-state index contributed by atoms with van der Waals surface area (Å²) in [6.45, 7) is 9.08. The number of halogens is 1. The molecule has 0 unspecified atom stereocenters. The monoisotopic (exact) mass is 486 g/mol. The van der Waals surface area contributed by atoms with Crippen LogP contribution >= 0.6 is 27.3 Å². The number of hydrogen-bond donors (Lipinski definition) is 1. The normalized spacial score (nSPS) is 11.4. The summed E-state index contributed by atoms with van der Waals surface area (Å²) in [5, 5.41) is 3.54. The third kappa shape index (κ3) is 6.16. The van der Waals surface area contributed by atoms with Crippen LogP contribution in [0.25, 0.3) is 11.3 Å². The van der Waals surface area contributed by atoms with E-state index in [1.807, 2.05) is 43.3 Å². The molecule has 0 radical (unpaired) electrons. The van der Waals surface area contributed by atoms with E-state index in [9.17, 15) is 4.79 Å². The Balaban J connectivity index is 1.46. The van der Waals surface area contributed by atoms with Crippen molar-refractivity contribution >= 4 is 38.3 Å². The highest BCUT2D eigenvalue weighted by molar-refractivity contribution is 9.10. The van der Waals surface area contributed by atoms with Gasteiger partial charge in [0.2, 0.25) is 5.91 Å². The smallest absolute Gasteiger partial charge is 0.226 e. The minimum absolute atomic E-state index is 0.0437. The van der Waals surface area contributed by atoms with Crippen LogP contribution in [0.3, 0.4) is 0 Å². The minimum atomic E-state index is -0.0437. The first-order chi connectivity index (χ1) is 14.2. The van der Waals surface area contributed by atoms with E-state index >= 15 is 0 Å². The number of anilines is 1. The first-order valence-corrected chi connectivity index (χ1v) is 11.6. The highest BCUT2D eigenvalue weighted by Crippen LogP contribution is 2.31. The highest BCUT2D eigenvalue weighted by atomic mass is 79.9. The molecule has 1 aromatic heterocycles. The molecule has 4 nitrogen and oxygen atoms in total. The Bertz CT molecular complexity index is 990. The Morgan fingerprint density at radius 3 is 2.40 bits per heavy atom. The van der Waals surface area contributed by atoms with Crippen molar-refractivity contribution in [3.8, 4) is 17.0 Å². The van der Waals surface area contributed by atoms with Crippen molar-refractivity contribution < 1.29 is 9.53 Å². The topological polar surface area (TPSA) is 51.2 Å². The predicted molar refractivity (Wildman–Crippen MR) is 128 cm³/mol. The van der Waals surface area contributed by atoms with E-state index < -0.39 is 0 Å². The van der Waals surface area contributed by atoms with Gasteiger partial charge in [-0.1, -0.05) is 61.0 Å². The molecule has 0 aliphatic carbocycles. The maximum atomic E-state index is 12.3. The second kappa shape index (κ2) is 9.75. The van der Waals surface area contributed by atoms with Crippen LogP contribution in [0.5, 0.6) is 5.75 Å². The van der Waals surface area contributed by atoms with Crippen molar-refractivity contribution in [1.82, 2.24) is 4.98 Å². The van der Waals surface area contributed by atoms with Gasteiger partial charge >= 0.3 is 0 Å². The lowest BCUT2D eigenvalue weighted by atomic mass is 9.87. The largest absolute Gasteiger partial charge is 0.494 e. The van der Waals surface area contributed by atoms with Gasteiger partial charge in [0.25, 0.3) is 0 Å².